The predicted molar refractivity (Wildman–Crippen MR) is 104 cm³/mol. The molecule has 1 aromatic rings. The van der Waals surface area contributed by atoms with Crippen LogP contribution in [0.1, 0.15) is 51.0 Å². The zero-order valence-electron chi connectivity index (χ0n) is 15.5. The fraction of sp³-hybridized carbons (Fsp3) is 0.667. The molecule has 0 bridgehead atoms. The largest absolute Gasteiger partial charge is 0.393 e. The van der Waals surface area contributed by atoms with Gasteiger partial charge < -0.3 is 15.3 Å². The van der Waals surface area contributed by atoms with E-state index in [1.807, 2.05) is 0 Å². The maximum Gasteiger partial charge on any atom is 0.194 e. The number of hydrogen-bond donors (Lipinski definition) is 2. The molecule has 25 heavy (non-hydrogen) atoms. The van der Waals surface area contributed by atoms with Crippen LogP contribution in [0.3, 0.4) is 0 Å². The van der Waals surface area contributed by atoms with Crippen molar-refractivity contribution in [1.29, 1.82) is 0 Å². The minimum absolute atomic E-state index is 0.0988. The molecule has 0 spiro atoms. The topological polar surface area (TPSA) is 47.9 Å². The SMILES string of the molecule is CCN=C(NC1CCC(O)CC1)N1CCC(Cc2ccccc2)CC1. The average molecular weight is 344 g/mol. The van der Waals surface area contributed by atoms with E-state index in [1.165, 1.54) is 24.8 Å². The van der Waals surface area contributed by atoms with Crippen molar-refractivity contribution in [3.63, 3.8) is 0 Å². The van der Waals surface area contributed by atoms with Crippen LogP contribution in [0.5, 0.6) is 0 Å². The van der Waals surface area contributed by atoms with Crippen LogP contribution >= 0.6 is 0 Å². The smallest absolute Gasteiger partial charge is 0.194 e. The number of nitrogens with zero attached hydrogens (tertiary/aromatic N) is 2. The maximum absolute atomic E-state index is 9.69. The van der Waals surface area contributed by atoms with E-state index in [2.05, 4.69) is 47.5 Å². The number of hydrogen-bond acceptors (Lipinski definition) is 2. The number of aliphatic imine (C=N–C) groups is 1. The van der Waals surface area contributed by atoms with E-state index in [4.69, 9.17) is 4.99 Å². The van der Waals surface area contributed by atoms with Gasteiger partial charge in [-0.3, -0.25) is 4.99 Å². The van der Waals surface area contributed by atoms with Crippen molar-refractivity contribution in [3.8, 4) is 0 Å². The minimum atomic E-state index is -0.0988. The summed E-state index contributed by atoms with van der Waals surface area (Å²) in [5.74, 6) is 1.87. The van der Waals surface area contributed by atoms with E-state index in [1.54, 1.807) is 0 Å². The standard InChI is InChI=1S/C21H33N3O/c1-2-22-21(23-19-8-10-20(25)11-9-19)24-14-12-18(13-15-24)16-17-6-4-3-5-7-17/h3-7,18-20,25H,2,8-16H2,1H3,(H,22,23). The number of benzene rings is 1. The van der Waals surface area contributed by atoms with Crippen LogP contribution in [0.2, 0.25) is 0 Å². The first-order valence-corrected chi connectivity index (χ1v) is 10.0. The highest BCUT2D eigenvalue weighted by molar-refractivity contribution is 5.80. The van der Waals surface area contributed by atoms with Gasteiger partial charge in [0.1, 0.15) is 0 Å². The Morgan fingerprint density at radius 3 is 2.40 bits per heavy atom. The monoisotopic (exact) mass is 343 g/mol. The molecule has 0 aromatic heterocycles. The fourth-order valence-corrected chi connectivity index (χ4v) is 4.09. The van der Waals surface area contributed by atoms with Crippen molar-refractivity contribution in [3.05, 3.63) is 35.9 Å². The van der Waals surface area contributed by atoms with Crippen LogP contribution in [0, 0.1) is 5.92 Å². The molecule has 2 N–H and O–H groups in total. The summed E-state index contributed by atoms with van der Waals surface area (Å²) in [4.78, 5) is 7.18. The Labute approximate surface area is 152 Å². The van der Waals surface area contributed by atoms with Crippen LogP contribution < -0.4 is 5.32 Å². The molecule has 1 saturated carbocycles. The third kappa shape index (κ3) is 5.46. The lowest BCUT2D eigenvalue weighted by Crippen LogP contribution is -2.50. The number of piperidine rings is 1. The molecule has 1 saturated heterocycles. The van der Waals surface area contributed by atoms with Crippen LogP contribution in [-0.4, -0.2) is 47.7 Å². The van der Waals surface area contributed by atoms with E-state index in [0.717, 1.165) is 57.2 Å². The highest BCUT2D eigenvalue weighted by atomic mass is 16.3. The molecule has 2 aliphatic rings. The van der Waals surface area contributed by atoms with Crippen molar-refractivity contribution in [2.45, 2.75) is 64.0 Å². The number of aliphatic hydroxyl groups excluding tert-OH is 1. The maximum atomic E-state index is 9.69. The van der Waals surface area contributed by atoms with Gasteiger partial charge in [0.05, 0.1) is 6.10 Å². The second-order valence-corrected chi connectivity index (χ2v) is 7.57. The van der Waals surface area contributed by atoms with Crippen molar-refractivity contribution in [1.82, 2.24) is 10.2 Å². The quantitative estimate of drug-likeness (QED) is 0.652. The van der Waals surface area contributed by atoms with Crippen molar-refractivity contribution >= 4 is 5.96 Å². The summed E-state index contributed by atoms with van der Waals surface area (Å²) in [7, 11) is 0. The first-order valence-electron chi connectivity index (χ1n) is 10.0. The summed E-state index contributed by atoms with van der Waals surface area (Å²) in [6.07, 6.45) is 7.50. The first kappa shape index (κ1) is 18.2. The second-order valence-electron chi connectivity index (χ2n) is 7.57. The van der Waals surface area contributed by atoms with Gasteiger partial charge in [-0.2, -0.15) is 0 Å². The Kier molecular flexibility index (Phi) is 6.74. The molecule has 0 unspecified atom stereocenters. The Bertz CT molecular complexity index is 529. The van der Waals surface area contributed by atoms with E-state index in [0.29, 0.717) is 6.04 Å². The van der Waals surface area contributed by atoms with Crippen molar-refractivity contribution in [2.24, 2.45) is 10.9 Å². The third-order valence-corrected chi connectivity index (χ3v) is 5.62. The van der Waals surface area contributed by atoms with Gasteiger partial charge >= 0.3 is 0 Å². The summed E-state index contributed by atoms with van der Waals surface area (Å²) in [5.41, 5.74) is 1.46. The van der Waals surface area contributed by atoms with E-state index in [-0.39, 0.29) is 6.10 Å². The second kappa shape index (κ2) is 9.23. The van der Waals surface area contributed by atoms with Crippen LogP contribution in [-0.2, 0) is 6.42 Å². The summed E-state index contributed by atoms with van der Waals surface area (Å²) in [6.45, 7) is 5.12. The molecule has 138 valence electrons. The molecule has 0 radical (unpaired) electrons. The summed E-state index contributed by atoms with van der Waals surface area (Å²) in [5, 5.41) is 13.4. The molecule has 4 heteroatoms. The van der Waals surface area contributed by atoms with E-state index >= 15 is 0 Å². The van der Waals surface area contributed by atoms with Gasteiger partial charge in [-0.05, 0) is 63.4 Å². The lowest BCUT2D eigenvalue weighted by Gasteiger charge is -2.37. The van der Waals surface area contributed by atoms with Gasteiger partial charge in [0.2, 0.25) is 0 Å². The molecule has 1 heterocycles. The van der Waals surface area contributed by atoms with Crippen LogP contribution in [0.4, 0.5) is 0 Å². The van der Waals surface area contributed by atoms with Gasteiger partial charge in [0.15, 0.2) is 5.96 Å². The molecule has 3 rings (SSSR count). The van der Waals surface area contributed by atoms with Gasteiger partial charge in [-0.15, -0.1) is 0 Å². The van der Waals surface area contributed by atoms with Crippen LogP contribution in [0.25, 0.3) is 0 Å². The van der Waals surface area contributed by atoms with Gasteiger partial charge in [-0.25, -0.2) is 0 Å². The van der Waals surface area contributed by atoms with Crippen molar-refractivity contribution < 1.29 is 5.11 Å². The molecule has 0 atom stereocenters. The highest BCUT2D eigenvalue weighted by Crippen LogP contribution is 2.23. The molecule has 4 nitrogen and oxygen atoms in total. The minimum Gasteiger partial charge on any atom is -0.393 e. The van der Waals surface area contributed by atoms with E-state index < -0.39 is 0 Å². The molecule has 2 fully saturated rings. The number of aliphatic hydroxyl groups is 1. The molecule has 1 aromatic carbocycles. The summed E-state index contributed by atoms with van der Waals surface area (Å²) >= 11 is 0. The number of nitrogens with one attached hydrogen (secondary N) is 1. The number of guanidine groups is 1. The highest BCUT2D eigenvalue weighted by Gasteiger charge is 2.25. The van der Waals surface area contributed by atoms with Gasteiger partial charge in [0.25, 0.3) is 0 Å². The van der Waals surface area contributed by atoms with Gasteiger partial charge in [0, 0.05) is 25.7 Å². The Morgan fingerprint density at radius 1 is 1.08 bits per heavy atom. The Balaban J connectivity index is 1.49. The molecular formula is C21H33N3O. The Morgan fingerprint density at radius 2 is 1.76 bits per heavy atom. The fourth-order valence-electron chi connectivity index (χ4n) is 4.09. The third-order valence-electron chi connectivity index (χ3n) is 5.62. The Hall–Kier alpha value is -1.55. The lowest BCUT2D eigenvalue weighted by atomic mass is 9.90. The van der Waals surface area contributed by atoms with Crippen molar-refractivity contribution in [2.75, 3.05) is 19.6 Å². The molecular weight excluding hydrogens is 310 g/mol. The van der Waals surface area contributed by atoms with E-state index in [9.17, 15) is 5.11 Å². The zero-order valence-corrected chi connectivity index (χ0v) is 15.5. The average Bonchev–Trinajstić information content (AvgIpc) is 2.65. The number of likely N-dealkylation sites (tertiary alicyclic amines) is 1. The summed E-state index contributed by atoms with van der Waals surface area (Å²) in [6, 6.07) is 11.3. The zero-order chi connectivity index (χ0) is 17.5. The normalized spacial score (nSPS) is 25.8. The van der Waals surface area contributed by atoms with Gasteiger partial charge in [-0.1, -0.05) is 30.3 Å². The first-order chi connectivity index (χ1) is 12.2. The molecule has 0 amide bonds. The van der Waals surface area contributed by atoms with Crippen LogP contribution in [0.15, 0.2) is 35.3 Å². The number of rotatable bonds is 4. The lowest BCUT2D eigenvalue weighted by molar-refractivity contribution is 0.119. The molecule has 1 aliphatic carbocycles. The molecule has 1 aliphatic heterocycles. The predicted octanol–water partition coefficient (Wildman–Crippen LogP) is 3.21. The summed E-state index contributed by atoms with van der Waals surface area (Å²) < 4.78 is 0.